The Morgan fingerprint density at radius 3 is 2.13 bits per heavy atom. The van der Waals surface area contributed by atoms with Crippen LogP contribution in [0.3, 0.4) is 0 Å². The van der Waals surface area contributed by atoms with Crippen LogP contribution >= 0.6 is 31.9 Å². The van der Waals surface area contributed by atoms with Gasteiger partial charge < -0.3 is 10.8 Å². The normalized spacial score (nSPS) is 14.0. The molecule has 0 bridgehead atoms. The van der Waals surface area contributed by atoms with Gasteiger partial charge in [-0.25, -0.2) is 0 Å². The largest absolute Gasteiger partial charge is 0.396 e. The van der Waals surface area contributed by atoms with Crippen molar-refractivity contribution in [2.24, 2.45) is 11.1 Å². The van der Waals surface area contributed by atoms with E-state index in [1.165, 1.54) is 0 Å². The fourth-order valence-corrected chi connectivity index (χ4v) is 2.63. The molecule has 0 heterocycles. The molecule has 4 heteroatoms. The third kappa shape index (κ3) is 3.28. The molecule has 0 unspecified atom stereocenters. The summed E-state index contributed by atoms with van der Waals surface area (Å²) in [4.78, 5) is 0. The van der Waals surface area contributed by atoms with E-state index in [1.807, 2.05) is 32.0 Å². The van der Waals surface area contributed by atoms with Crippen LogP contribution in [0.15, 0.2) is 27.1 Å². The predicted molar refractivity (Wildman–Crippen MR) is 69.6 cm³/mol. The zero-order valence-electron chi connectivity index (χ0n) is 8.80. The smallest absolute Gasteiger partial charge is 0.0500 e. The maximum atomic E-state index is 9.26. The molecule has 1 atom stereocenters. The van der Waals surface area contributed by atoms with Gasteiger partial charge in [-0.2, -0.15) is 0 Å². The standard InChI is InChI=1S/C11H15Br2NO/c1-11(2,6-15)10(14)7-3-8(12)5-9(13)4-7/h3-5,10,15H,6,14H2,1-2H3/t10-/m0/s1. The molecule has 0 saturated heterocycles. The highest BCUT2D eigenvalue weighted by Crippen LogP contribution is 2.33. The van der Waals surface area contributed by atoms with Crippen LogP contribution < -0.4 is 5.73 Å². The van der Waals surface area contributed by atoms with E-state index in [0.29, 0.717) is 0 Å². The molecule has 84 valence electrons. The molecule has 1 rings (SSSR count). The number of benzene rings is 1. The van der Waals surface area contributed by atoms with Crippen LogP contribution in [0.2, 0.25) is 0 Å². The first-order valence-corrected chi connectivity index (χ1v) is 6.28. The number of rotatable bonds is 3. The zero-order chi connectivity index (χ0) is 11.6. The second-order valence-electron chi connectivity index (χ2n) is 4.33. The van der Waals surface area contributed by atoms with Gasteiger partial charge in [0.1, 0.15) is 0 Å². The number of aliphatic hydroxyl groups is 1. The van der Waals surface area contributed by atoms with Crippen molar-refractivity contribution >= 4 is 31.9 Å². The summed E-state index contributed by atoms with van der Waals surface area (Å²) in [5, 5.41) is 9.26. The van der Waals surface area contributed by atoms with Gasteiger partial charge in [0.2, 0.25) is 0 Å². The molecular weight excluding hydrogens is 322 g/mol. The predicted octanol–water partition coefficient (Wildman–Crippen LogP) is 3.23. The topological polar surface area (TPSA) is 46.2 Å². The molecule has 0 aliphatic heterocycles. The molecule has 2 nitrogen and oxygen atoms in total. The van der Waals surface area contributed by atoms with Gasteiger partial charge in [0, 0.05) is 27.0 Å². The second kappa shape index (κ2) is 4.95. The van der Waals surface area contributed by atoms with Crippen LogP contribution in [0.1, 0.15) is 25.5 Å². The first-order valence-electron chi connectivity index (χ1n) is 4.69. The van der Waals surface area contributed by atoms with E-state index in [0.717, 1.165) is 14.5 Å². The molecule has 0 spiro atoms. The molecule has 1 aromatic rings. The summed E-state index contributed by atoms with van der Waals surface area (Å²) in [5.41, 5.74) is 6.81. The van der Waals surface area contributed by atoms with Crippen molar-refractivity contribution in [2.75, 3.05) is 6.61 Å². The van der Waals surface area contributed by atoms with Gasteiger partial charge in [-0.3, -0.25) is 0 Å². The summed E-state index contributed by atoms with van der Waals surface area (Å²) >= 11 is 6.84. The van der Waals surface area contributed by atoms with Crippen LogP contribution in [0.5, 0.6) is 0 Å². The van der Waals surface area contributed by atoms with Gasteiger partial charge in [0.25, 0.3) is 0 Å². The van der Waals surface area contributed by atoms with Crippen LogP contribution in [-0.4, -0.2) is 11.7 Å². The Bertz CT molecular complexity index is 332. The van der Waals surface area contributed by atoms with Crippen molar-refractivity contribution in [3.05, 3.63) is 32.7 Å². The van der Waals surface area contributed by atoms with Gasteiger partial charge in [-0.15, -0.1) is 0 Å². The summed E-state index contributed by atoms with van der Waals surface area (Å²) in [6, 6.07) is 5.73. The molecular formula is C11H15Br2NO. The first kappa shape index (κ1) is 13.2. The van der Waals surface area contributed by atoms with Crippen molar-refractivity contribution in [2.45, 2.75) is 19.9 Å². The van der Waals surface area contributed by atoms with Crippen LogP contribution in [0, 0.1) is 5.41 Å². The van der Waals surface area contributed by atoms with Gasteiger partial charge in [0.05, 0.1) is 0 Å². The van der Waals surface area contributed by atoms with Crippen molar-refractivity contribution in [3.8, 4) is 0 Å². The maximum absolute atomic E-state index is 9.26. The minimum atomic E-state index is -0.319. The average molecular weight is 337 g/mol. The van der Waals surface area contributed by atoms with Crippen molar-refractivity contribution < 1.29 is 5.11 Å². The molecule has 3 N–H and O–H groups in total. The van der Waals surface area contributed by atoms with Gasteiger partial charge in [0.15, 0.2) is 0 Å². The summed E-state index contributed by atoms with van der Waals surface area (Å²) in [7, 11) is 0. The monoisotopic (exact) mass is 335 g/mol. The molecule has 0 amide bonds. The van der Waals surface area contributed by atoms with Crippen LogP contribution in [0.25, 0.3) is 0 Å². The lowest BCUT2D eigenvalue weighted by molar-refractivity contribution is 0.132. The van der Waals surface area contributed by atoms with E-state index in [1.54, 1.807) is 0 Å². The summed E-state index contributed by atoms with van der Waals surface area (Å²) < 4.78 is 1.96. The van der Waals surface area contributed by atoms with E-state index in [4.69, 9.17) is 5.73 Å². The molecule has 0 fully saturated rings. The summed E-state index contributed by atoms with van der Waals surface area (Å²) in [6.07, 6.45) is 0. The molecule has 15 heavy (non-hydrogen) atoms. The van der Waals surface area contributed by atoms with Gasteiger partial charge in [-0.1, -0.05) is 45.7 Å². The van der Waals surface area contributed by atoms with E-state index in [-0.39, 0.29) is 18.1 Å². The highest BCUT2D eigenvalue weighted by molar-refractivity contribution is 9.11. The lowest BCUT2D eigenvalue weighted by Gasteiger charge is -2.30. The highest BCUT2D eigenvalue weighted by Gasteiger charge is 2.27. The molecule has 0 radical (unpaired) electrons. The number of nitrogens with two attached hydrogens (primary N) is 1. The Balaban J connectivity index is 3.06. The number of hydrogen-bond donors (Lipinski definition) is 2. The van der Waals surface area contributed by atoms with Crippen molar-refractivity contribution in [1.82, 2.24) is 0 Å². The molecule has 0 aromatic heterocycles. The molecule has 0 aliphatic rings. The van der Waals surface area contributed by atoms with E-state index in [9.17, 15) is 5.11 Å². The Morgan fingerprint density at radius 1 is 1.27 bits per heavy atom. The second-order valence-corrected chi connectivity index (χ2v) is 6.16. The Hall–Kier alpha value is 0.1000. The molecule has 0 saturated carbocycles. The SMILES string of the molecule is CC(C)(CO)[C@@H](N)c1cc(Br)cc(Br)c1. The Labute approximate surface area is 107 Å². The zero-order valence-corrected chi connectivity index (χ0v) is 12.0. The Morgan fingerprint density at radius 2 is 1.73 bits per heavy atom. The van der Waals surface area contributed by atoms with E-state index in [2.05, 4.69) is 31.9 Å². The third-order valence-corrected chi connectivity index (χ3v) is 3.41. The lowest BCUT2D eigenvalue weighted by Crippen LogP contribution is -2.32. The summed E-state index contributed by atoms with van der Waals surface area (Å²) in [5.74, 6) is 0. The Kier molecular flexibility index (Phi) is 4.35. The van der Waals surface area contributed by atoms with Crippen molar-refractivity contribution in [1.29, 1.82) is 0 Å². The number of aliphatic hydroxyl groups excluding tert-OH is 1. The number of halogens is 2. The lowest BCUT2D eigenvalue weighted by atomic mass is 9.82. The fourth-order valence-electron chi connectivity index (χ4n) is 1.30. The van der Waals surface area contributed by atoms with Crippen LogP contribution in [0.4, 0.5) is 0 Å². The third-order valence-electron chi connectivity index (χ3n) is 2.49. The minimum Gasteiger partial charge on any atom is -0.396 e. The summed E-state index contributed by atoms with van der Waals surface area (Å²) in [6.45, 7) is 3.97. The first-order chi connectivity index (χ1) is 6.86. The highest BCUT2D eigenvalue weighted by atomic mass is 79.9. The molecule has 1 aromatic carbocycles. The van der Waals surface area contributed by atoms with E-state index < -0.39 is 0 Å². The average Bonchev–Trinajstić information content (AvgIpc) is 2.15. The van der Waals surface area contributed by atoms with Gasteiger partial charge >= 0.3 is 0 Å². The minimum absolute atomic E-state index is 0.0678. The number of hydrogen-bond acceptors (Lipinski definition) is 2. The maximum Gasteiger partial charge on any atom is 0.0500 e. The quantitative estimate of drug-likeness (QED) is 0.890. The molecule has 0 aliphatic carbocycles. The van der Waals surface area contributed by atoms with Crippen molar-refractivity contribution in [3.63, 3.8) is 0 Å². The van der Waals surface area contributed by atoms with Gasteiger partial charge in [-0.05, 0) is 23.8 Å². The van der Waals surface area contributed by atoms with Crippen LogP contribution in [-0.2, 0) is 0 Å². The fraction of sp³-hybridized carbons (Fsp3) is 0.455. The van der Waals surface area contributed by atoms with E-state index >= 15 is 0 Å².